The third kappa shape index (κ3) is 3.01. The topological polar surface area (TPSA) is 35.2 Å². The lowest BCUT2D eigenvalue weighted by atomic mass is 9.86. The summed E-state index contributed by atoms with van der Waals surface area (Å²) in [5.41, 5.74) is 9.07. The van der Waals surface area contributed by atoms with Crippen molar-refractivity contribution in [2.75, 3.05) is 6.61 Å². The third-order valence-electron chi connectivity index (χ3n) is 4.33. The molecule has 1 aliphatic carbocycles. The highest BCUT2D eigenvalue weighted by Crippen LogP contribution is 2.38. The first-order valence-electron chi connectivity index (χ1n) is 7.50. The lowest BCUT2D eigenvalue weighted by Crippen LogP contribution is -2.17. The summed E-state index contributed by atoms with van der Waals surface area (Å²) in [5.74, 6) is 1.69. The van der Waals surface area contributed by atoms with Crippen molar-refractivity contribution < 1.29 is 4.74 Å². The van der Waals surface area contributed by atoms with E-state index in [1.165, 1.54) is 24.8 Å². The van der Waals surface area contributed by atoms with Crippen molar-refractivity contribution in [1.29, 1.82) is 0 Å². The molecule has 2 heteroatoms. The van der Waals surface area contributed by atoms with Crippen LogP contribution in [-0.2, 0) is 0 Å². The summed E-state index contributed by atoms with van der Waals surface area (Å²) in [4.78, 5) is 0. The van der Waals surface area contributed by atoms with Gasteiger partial charge < -0.3 is 10.5 Å². The molecule has 2 nitrogen and oxygen atoms in total. The van der Waals surface area contributed by atoms with Crippen molar-refractivity contribution in [2.45, 2.75) is 50.5 Å². The maximum atomic E-state index is 6.12. The lowest BCUT2D eigenvalue weighted by molar-refractivity contribution is 0.266. The minimum Gasteiger partial charge on any atom is -0.493 e. The summed E-state index contributed by atoms with van der Waals surface area (Å²) in [5, 5.41) is 0. The summed E-state index contributed by atoms with van der Waals surface area (Å²) in [6, 6.07) is 8.76. The molecule has 0 aromatic heterocycles. The third-order valence-corrected chi connectivity index (χ3v) is 4.33. The minimum atomic E-state index is 0.271. The largest absolute Gasteiger partial charge is 0.493 e. The Morgan fingerprint density at radius 3 is 3.00 bits per heavy atom. The van der Waals surface area contributed by atoms with Crippen LogP contribution in [-0.4, -0.2) is 12.6 Å². The maximum absolute atomic E-state index is 6.12. The second kappa shape index (κ2) is 5.79. The number of hydrogen-bond acceptors (Lipinski definition) is 2. The zero-order chi connectivity index (χ0) is 13.1. The van der Waals surface area contributed by atoms with Gasteiger partial charge in [-0.1, -0.05) is 36.3 Å². The van der Waals surface area contributed by atoms with Crippen molar-refractivity contribution in [1.82, 2.24) is 0 Å². The highest BCUT2D eigenvalue weighted by molar-refractivity contribution is 5.38. The van der Waals surface area contributed by atoms with Gasteiger partial charge in [-0.15, -0.1) is 0 Å². The summed E-state index contributed by atoms with van der Waals surface area (Å²) in [6.07, 6.45) is 9.56. The van der Waals surface area contributed by atoms with Gasteiger partial charge in [-0.05, 0) is 49.7 Å². The summed E-state index contributed by atoms with van der Waals surface area (Å²) in [7, 11) is 0. The molecule has 1 aromatic carbocycles. The standard InChI is InChI=1S/C17H23NO/c18-15-6-2-1-5-13(12-15)11-14-9-10-19-17-8-4-3-7-16(14)17/h3-4,7-8,12,14-15H,1-2,5-6,9-11,18H2. The van der Waals surface area contributed by atoms with E-state index in [9.17, 15) is 0 Å². The van der Waals surface area contributed by atoms with Crippen molar-refractivity contribution in [2.24, 2.45) is 5.73 Å². The Hall–Kier alpha value is -1.28. The van der Waals surface area contributed by atoms with E-state index >= 15 is 0 Å². The summed E-state index contributed by atoms with van der Waals surface area (Å²) < 4.78 is 5.74. The van der Waals surface area contributed by atoms with Gasteiger partial charge in [0.1, 0.15) is 5.75 Å². The second-order valence-electron chi connectivity index (χ2n) is 5.81. The normalized spacial score (nSPS) is 26.9. The number of hydrogen-bond donors (Lipinski definition) is 1. The molecule has 1 aromatic rings. The zero-order valence-corrected chi connectivity index (χ0v) is 11.5. The molecule has 102 valence electrons. The Labute approximate surface area is 115 Å². The van der Waals surface area contributed by atoms with Crippen molar-refractivity contribution in [3.8, 4) is 5.75 Å². The molecule has 2 N–H and O–H groups in total. The molecule has 2 unspecified atom stereocenters. The molecule has 0 saturated heterocycles. The molecule has 2 atom stereocenters. The molecule has 0 fully saturated rings. The number of allylic oxidation sites excluding steroid dienone is 1. The first kappa shape index (κ1) is 12.7. The van der Waals surface area contributed by atoms with E-state index in [2.05, 4.69) is 30.3 Å². The molecule has 19 heavy (non-hydrogen) atoms. The molecular formula is C17H23NO. The Bertz CT molecular complexity index is 466. The number of benzene rings is 1. The minimum absolute atomic E-state index is 0.271. The van der Waals surface area contributed by atoms with Crippen LogP contribution in [0, 0.1) is 0 Å². The molecule has 3 rings (SSSR count). The van der Waals surface area contributed by atoms with Crippen LogP contribution in [0.3, 0.4) is 0 Å². The molecule has 0 bridgehead atoms. The Morgan fingerprint density at radius 2 is 2.05 bits per heavy atom. The first-order valence-corrected chi connectivity index (χ1v) is 7.50. The highest BCUT2D eigenvalue weighted by Gasteiger charge is 2.22. The number of rotatable bonds is 2. The molecule has 1 aliphatic heterocycles. The van der Waals surface area contributed by atoms with Gasteiger partial charge >= 0.3 is 0 Å². The van der Waals surface area contributed by atoms with Crippen LogP contribution in [0.5, 0.6) is 5.75 Å². The van der Waals surface area contributed by atoms with Crippen LogP contribution in [0.25, 0.3) is 0 Å². The monoisotopic (exact) mass is 257 g/mol. The summed E-state index contributed by atoms with van der Waals surface area (Å²) >= 11 is 0. The average molecular weight is 257 g/mol. The Balaban J connectivity index is 1.77. The Morgan fingerprint density at radius 1 is 1.16 bits per heavy atom. The molecule has 0 radical (unpaired) electrons. The van der Waals surface area contributed by atoms with Gasteiger partial charge in [0, 0.05) is 6.04 Å². The molecule has 0 amide bonds. The van der Waals surface area contributed by atoms with E-state index in [4.69, 9.17) is 10.5 Å². The van der Waals surface area contributed by atoms with Gasteiger partial charge in [-0.3, -0.25) is 0 Å². The fourth-order valence-electron chi connectivity index (χ4n) is 3.32. The van der Waals surface area contributed by atoms with E-state index in [-0.39, 0.29) is 6.04 Å². The number of nitrogens with two attached hydrogens (primary N) is 1. The van der Waals surface area contributed by atoms with E-state index in [1.54, 1.807) is 5.57 Å². The molecule has 1 heterocycles. The maximum Gasteiger partial charge on any atom is 0.122 e. The van der Waals surface area contributed by atoms with Gasteiger partial charge in [0.15, 0.2) is 0 Å². The number of para-hydroxylation sites is 1. The second-order valence-corrected chi connectivity index (χ2v) is 5.81. The number of ether oxygens (including phenoxy) is 1. The van der Waals surface area contributed by atoms with Crippen LogP contribution in [0.4, 0.5) is 0 Å². The molecular weight excluding hydrogens is 234 g/mol. The average Bonchev–Trinajstić information content (AvgIpc) is 2.63. The zero-order valence-electron chi connectivity index (χ0n) is 11.5. The van der Waals surface area contributed by atoms with Crippen LogP contribution in [0.1, 0.15) is 50.0 Å². The molecule has 0 saturated carbocycles. The Kier molecular flexibility index (Phi) is 3.88. The van der Waals surface area contributed by atoms with E-state index in [0.29, 0.717) is 5.92 Å². The smallest absolute Gasteiger partial charge is 0.122 e. The van der Waals surface area contributed by atoms with Crippen molar-refractivity contribution >= 4 is 0 Å². The van der Waals surface area contributed by atoms with Gasteiger partial charge in [0.25, 0.3) is 0 Å². The lowest BCUT2D eigenvalue weighted by Gasteiger charge is -2.26. The fourth-order valence-corrected chi connectivity index (χ4v) is 3.32. The van der Waals surface area contributed by atoms with Crippen molar-refractivity contribution in [3.63, 3.8) is 0 Å². The predicted octanol–water partition coefficient (Wildman–Crippen LogP) is 3.77. The van der Waals surface area contributed by atoms with Gasteiger partial charge in [0.05, 0.1) is 6.61 Å². The van der Waals surface area contributed by atoms with Crippen LogP contribution < -0.4 is 10.5 Å². The first-order chi connectivity index (χ1) is 9.33. The van der Waals surface area contributed by atoms with Crippen LogP contribution in [0.15, 0.2) is 35.9 Å². The van der Waals surface area contributed by atoms with E-state index < -0.39 is 0 Å². The van der Waals surface area contributed by atoms with Crippen LogP contribution >= 0.6 is 0 Å². The van der Waals surface area contributed by atoms with Gasteiger partial charge in [-0.2, -0.15) is 0 Å². The molecule has 2 aliphatic rings. The van der Waals surface area contributed by atoms with Crippen LogP contribution in [0.2, 0.25) is 0 Å². The quantitative estimate of drug-likeness (QED) is 0.818. The SMILES string of the molecule is NC1C=C(CC2CCOc3ccccc32)CCCC1. The van der Waals surface area contributed by atoms with E-state index in [1.807, 2.05) is 0 Å². The van der Waals surface area contributed by atoms with E-state index in [0.717, 1.165) is 31.6 Å². The highest BCUT2D eigenvalue weighted by atomic mass is 16.5. The van der Waals surface area contributed by atoms with Crippen molar-refractivity contribution in [3.05, 3.63) is 41.5 Å². The number of fused-ring (bicyclic) bond motifs is 1. The molecule has 0 spiro atoms. The van der Waals surface area contributed by atoms with Gasteiger partial charge in [0.2, 0.25) is 0 Å². The predicted molar refractivity (Wildman–Crippen MR) is 78.4 cm³/mol. The summed E-state index contributed by atoms with van der Waals surface area (Å²) in [6.45, 7) is 0.848. The van der Waals surface area contributed by atoms with Gasteiger partial charge in [-0.25, -0.2) is 0 Å². The fraction of sp³-hybridized carbons (Fsp3) is 0.529.